The lowest BCUT2D eigenvalue weighted by Gasteiger charge is -2.27. The van der Waals surface area contributed by atoms with Crippen molar-refractivity contribution in [1.29, 1.82) is 0 Å². The Labute approximate surface area is 111 Å². The monoisotopic (exact) mass is 276 g/mol. The SMILES string of the molecule is Fc1cc(Cl)cc(CCN2CCNCC2)c1Cl. The van der Waals surface area contributed by atoms with E-state index in [9.17, 15) is 4.39 Å². The highest BCUT2D eigenvalue weighted by molar-refractivity contribution is 6.33. The Bertz CT molecular complexity index is 392. The molecule has 1 heterocycles. The maximum absolute atomic E-state index is 13.4. The van der Waals surface area contributed by atoms with E-state index in [1.807, 2.05) is 0 Å². The first-order valence-electron chi connectivity index (χ1n) is 5.73. The molecule has 1 aromatic rings. The lowest BCUT2D eigenvalue weighted by atomic mass is 10.1. The van der Waals surface area contributed by atoms with Crippen LogP contribution in [0.1, 0.15) is 5.56 Å². The van der Waals surface area contributed by atoms with Gasteiger partial charge in [-0.2, -0.15) is 0 Å². The average molecular weight is 277 g/mol. The van der Waals surface area contributed by atoms with Gasteiger partial charge in [-0.05, 0) is 24.1 Å². The van der Waals surface area contributed by atoms with E-state index in [1.165, 1.54) is 6.07 Å². The molecule has 0 aliphatic carbocycles. The minimum atomic E-state index is -0.436. The summed E-state index contributed by atoms with van der Waals surface area (Å²) >= 11 is 11.7. The Morgan fingerprint density at radius 3 is 2.65 bits per heavy atom. The predicted octanol–water partition coefficient (Wildman–Crippen LogP) is 2.58. The van der Waals surface area contributed by atoms with E-state index in [4.69, 9.17) is 23.2 Å². The Morgan fingerprint density at radius 2 is 1.94 bits per heavy atom. The van der Waals surface area contributed by atoms with E-state index in [0.29, 0.717) is 5.02 Å². The molecule has 1 aromatic carbocycles. The summed E-state index contributed by atoms with van der Waals surface area (Å²) in [6, 6.07) is 2.99. The number of nitrogens with one attached hydrogen (secondary N) is 1. The highest BCUT2D eigenvalue weighted by atomic mass is 35.5. The number of hydrogen-bond acceptors (Lipinski definition) is 2. The molecule has 2 nitrogen and oxygen atoms in total. The van der Waals surface area contributed by atoms with Gasteiger partial charge in [0, 0.05) is 37.7 Å². The summed E-state index contributed by atoms with van der Waals surface area (Å²) in [6.07, 6.45) is 0.732. The molecule has 0 aromatic heterocycles. The molecular weight excluding hydrogens is 262 g/mol. The van der Waals surface area contributed by atoms with Gasteiger partial charge >= 0.3 is 0 Å². The summed E-state index contributed by atoms with van der Waals surface area (Å²) in [6.45, 7) is 4.97. The largest absolute Gasteiger partial charge is 0.314 e. The van der Waals surface area contributed by atoms with Gasteiger partial charge < -0.3 is 10.2 Å². The van der Waals surface area contributed by atoms with Gasteiger partial charge in [-0.1, -0.05) is 23.2 Å². The van der Waals surface area contributed by atoms with E-state index >= 15 is 0 Å². The van der Waals surface area contributed by atoms with E-state index in [1.54, 1.807) is 6.07 Å². The van der Waals surface area contributed by atoms with Crippen LogP contribution in [0.3, 0.4) is 0 Å². The van der Waals surface area contributed by atoms with Gasteiger partial charge in [0.2, 0.25) is 0 Å². The molecular formula is C12H15Cl2FN2. The first-order valence-corrected chi connectivity index (χ1v) is 6.49. The zero-order valence-corrected chi connectivity index (χ0v) is 11.0. The topological polar surface area (TPSA) is 15.3 Å². The van der Waals surface area contributed by atoms with Crippen LogP contribution in [0, 0.1) is 5.82 Å². The molecule has 0 amide bonds. The minimum Gasteiger partial charge on any atom is -0.314 e. The molecule has 0 unspecified atom stereocenters. The van der Waals surface area contributed by atoms with Crippen LogP contribution in [0.5, 0.6) is 0 Å². The molecule has 0 spiro atoms. The number of halogens is 3. The fourth-order valence-electron chi connectivity index (χ4n) is 2.00. The molecule has 0 atom stereocenters. The zero-order valence-electron chi connectivity index (χ0n) is 9.48. The number of nitrogens with zero attached hydrogens (tertiary/aromatic N) is 1. The lowest BCUT2D eigenvalue weighted by molar-refractivity contribution is 0.244. The minimum absolute atomic E-state index is 0.199. The van der Waals surface area contributed by atoms with Crippen LogP contribution in [0.15, 0.2) is 12.1 Å². The van der Waals surface area contributed by atoms with Crippen LogP contribution >= 0.6 is 23.2 Å². The van der Waals surface area contributed by atoms with Crippen molar-refractivity contribution in [3.05, 3.63) is 33.6 Å². The van der Waals surface area contributed by atoms with E-state index < -0.39 is 5.82 Å². The molecule has 1 saturated heterocycles. The summed E-state index contributed by atoms with van der Waals surface area (Å²) in [7, 11) is 0. The second-order valence-electron chi connectivity index (χ2n) is 4.20. The van der Waals surface area contributed by atoms with Crippen LogP contribution in [0.4, 0.5) is 4.39 Å². The molecule has 0 saturated carbocycles. The summed E-state index contributed by atoms with van der Waals surface area (Å²) in [5.41, 5.74) is 0.787. The molecule has 0 bridgehead atoms. The zero-order chi connectivity index (χ0) is 12.3. The third kappa shape index (κ3) is 3.55. The van der Waals surface area contributed by atoms with Crippen molar-refractivity contribution in [2.24, 2.45) is 0 Å². The molecule has 2 rings (SSSR count). The van der Waals surface area contributed by atoms with Gasteiger partial charge in [-0.3, -0.25) is 0 Å². The maximum atomic E-state index is 13.4. The van der Waals surface area contributed by atoms with Crippen molar-refractivity contribution < 1.29 is 4.39 Å². The van der Waals surface area contributed by atoms with Crippen LogP contribution in [0.2, 0.25) is 10.0 Å². The number of rotatable bonds is 3. The quantitative estimate of drug-likeness (QED) is 0.854. The molecule has 1 fully saturated rings. The fraction of sp³-hybridized carbons (Fsp3) is 0.500. The molecule has 0 radical (unpaired) electrons. The Balaban J connectivity index is 1.98. The van der Waals surface area contributed by atoms with Gasteiger partial charge in [0.05, 0.1) is 5.02 Å². The van der Waals surface area contributed by atoms with Gasteiger partial charge in [0.1, 0.15) is 5.82 Å². The first kappa shape index (κ1) is 13.1. The fourth-order valence-corrected chi connectivity index (χ4v) is 2.44. The van der Waals surface area contributed by atoms with E-state index in [-0.39, 0.29) is 5.02 Å². The molecule has 94 valence electrons. The lowest BCUT2D eigenvalue weighted by Crippen LogP contribution is -2.44. The van der Waals surface area contributed by atoms with Gasteiger partial charge in [-0.25, -0.2) is 4.39 Å². The van der Waals surface area contributed by atoms with Gasteiger partial charge in [0.15, 0.2) is 0 Å². The third-order valence-electron chi connectivity index (χ3n) is 2.98. The molecule has 1 N–H and O–H groups in total. The molecule has 5 heteroatoms. The van der Waals surface area contributed by atoms with Gasteiger partial charge in [0.25, 0.3) is 0 Å². The summed E-state index contributed by atoms with van der Waals surface area (Å²) < 4.78 is 13.4. The molecule has 1 aliphatic heterocycles. The van der Waals surface area contributed by atoms with Gasteiger partial charge in [-0.15, -0.1) is 0 Å². The normalized spacial score (nSPS) is 17.4. The highest BCUT2D eigenvalue weighted by Crippen LogP contribution is 2.25. The van der Waals surface area contributed by atoms with E-state index in [2.05, 4.69) is 10.2 Å². The van der Waals surface area contributed by atoms with Crippen LogP contribution < -0.4 is 5.32 Å². The standard InChI is InChI=1S/C12H15Cl2FN2/c13-10-7-9(12(14)11(15)8-10)1-4-17-5-2-16-3-6-17/h7-8,16H,1-6H2. The van der Waals surface area contributed by atoms with Crippen molar-refractivity contribution in [3.8, 4) is 0 Å². The second-order valence-corrected chi connectivity index (χ2v) is 5.02. The first-order chi connectivity index (χ1) is 8.16. The maximum Gasteiger partial charge on any atom is 0.143 e. The van der Waals surface area contributed by atoms with Crippen molar-refractivity contribution in [3.63, 3.8) is 0 Å². The Morgan fingerprint density at radius 1 is 1.24 bits per heavy atom. The van der Waals surface area contributed by atoms with Crippen molar-refractivity contribution >= 4 is 23.2 Å². The third-order valence-corrected chi connectivity index (χ3v) is 3.62. The van der Waals surface area contributed by atoms with Crippen LogP contribution in [-0.2, 0) is 6.42 Å². The van der Waals surface area contributed by atoms with Crippen LogP contribution in [0.25, 0.3) is 0 Å². The van der Waals surface area contributed by atoms with Crippen molar-refractivity contribution in [1.82, 2.24) is 10.2 Å². The predicted molar refractivity (Wildman–Crippen MR) is 69.4 cm³/mol. The molecule has 1 aliphatic rings. The number of benzene rings is 1. The van der Waals surface area contributed by atoms with Crippen LogP contribution in [-0.4, -0.2) is 37.6 Å². The molecule has 17 heavy (non-hydrogen) atoms. The summed E-state index contributed by atoms with van der Waals surface area (Å²) in [5.74, 6) is -0.436. The number of hydrogen-bond donors (Lipinski definition) is 1. The van der Waals surface area contributed by atoms with Crippen molar-refractivity contribution in [2.45, 2.75) is 6.42 Å². The second kappa shape index (κ2) is 6.01. The summed E-state index contributed by atoms with van der Waals surface area (Å²) in [4.78, 5) is 2.34. The Hall–Kier alpha value is -0.350. The smallest absolute Gasteiger partial charge is 0.143 e. The van der Waals surface area contributed by atoms with Crippen molar-refractivity contribution in [2.75, 3.05) is 32.7 Å². The Kier molecular flexibility index (Phi) is 4.62. The average Bonchev–Trinajstić information content (AvgIpc) is 2.33. The summed E-state index contributed by atoms with van der Waals surface area (Å²) in [5, 5.41) is 3.90. The number of piperazine rings is 1. The van der Waals surface area contributed by atoms with E-state index in [0.717, 1.165) is 44.7 Å². The highest BCUT2D eigenvalue weighted by Gasteiger charge is 2.12.